The van der Waals surface area contributed by atoms with Crippen LogP contribution in [0, 0.1) is 18.3 Å². The van der Waals surface area contributed by atoms with Gasteiger partial charge in [0.1, 0.15) is 0 Å². The fourth-order valence-corrected chi connectivity index (χ4v) is 2.35. The molecule has 86 valence electrons. The van der Waals surface area contributed by atoms with Crippen LogP contribution in [0.25, 0.3) is 0 Å². The minimum Gasteiger partial charge on any atom is -0.198 e. The molecule has 1 rings (SSSR count). The standard InChI is InChI=1S/C14H19NS/c1-11-6-7-12(14(2,3)4)10-13(11)16-9-5-8-15/h6-7,10H,5,9H2,1-4H3. The number of thioether (sulfide) groups is 1. The highest BCUT2D eigenvalue weighted by molar-refractivity contribution is 7.99. The molecule has 0 saturated carbocycles. The first-order valence-corrected chi connectivity index (χ1v) is 6.54. The second-order valence-corrected chi connectivity index (χ2v) is 6.12. The van der Waals surface area contributed by atoms with Crippen LogP contribution in [-0.4, -0.2) is 5.75 Å². The van der Waals surface area contributed by atoms with Crippen LogP contribution in [0.4, 0.5) is 0 Å². The molecule has 1 nitrogen and oxygen atoms in total. The monoisotopic (exact) mass is 233 g/mol. The van der Waals surface area contributed by atoms with Crippen molar-refractivity contribution in [2.45, 2.75) is 44.4 Å². The average Bonchev–Trinajstić information content (AvgIpc) is 2.19. The van der Waals surface area contributed by atoms with Gasteiger partial charge in [0.05, 0.1) is 6.07 Å². The van der Waals surface area contributed by atoms with Gasteiger partial charge in [-0.2, -0.15) is 5.26 Å². The topological polar surface area (TPSA) is 23.8 Å². The molecule has 0 aliphatic heterocycles. The van der Waals surface area contributed by atoms with Crippen molar-refractivity contribution in [1.29, 1.82) is 5.26 Å². The molecule has 0 radical (unpaired) electrons. The van der Waals surface area contributed by atoms with Gasteiger partial charge in [-0.05, 0) is 29.5 Å². The van der Waals surface area contributed by atoms with Crippen LogP contribution in [0.5, 0.6) is 0 Å². The minimum absolute atomic E-state index is 0.193. The lowest BCUT2D eigenvalue weighted by Crippen LogP contribution is -2.11. The van der Waals surface area contributed by atoms with E-state index in [-0.39, 0.29) is 5.41 Å². The van der Waals surface area contributed by atoms with E-state index < -0.39 is 0 Å². The van der Waals surface area contributed by atoms with Gasteiger partial charge >= 0.3 is 0 Å². The molecular weight excluding hydrogens is 214 g/mol. The number of nitrogens with zero attached hydrogens (tertiary/aromatic N) is 1. The Kier molecular flexibility index (Phi) is 4.44. The Hall–Kier alpha value is -0.940. The van der Waals surface area contributed by atoms with Crippen LogP contribution < -0.4 is 0 Å². The van der Waals surface area contributed by atoms with Crippen LogP contribution in [0.2, 0.25) is 0 Å². The number of hydrogen-bond acceptors (Lipinski definition) is 2. The number of hydrogen-bond donors (Lipinski definition) is 0. The second-order valence-electron chi connectivity index (χ2n) is 4.99. The number of rotatable bonds is 3. The van der Waals surface area contributed by atoms with Crippen molar-refractivity contribution in [2.75, 3.05) is 5.75 Å². The van der Waals surface area contributed by atoms with Crippen molar-refractivity contribution in [3.05, 3.63) is 29.3 Å². The van der Waals surface area contributed by atoms with Crippen molar-refractivity contribution >= 4 is 11.8 Å². The zero-order valence-corrected chi connectivity index (χ0v) is 11.3. The summed E-state index contributed by atoms with van der Waals surface area (Å²) in [5.41, 5.74) is 2.85. The predicted molar refractivity (Wildman–Crippen MR) is 70.8 cm³/mol. The molecule has 0 spiro atoms. The number of aryl methyl sites for hydroxylation is 1. The van der Waals surface area contributed by atoms with E-state index >= 15 is 0 Å². The molecule has 0 unspecified atom stereocenters. The van der Waals surface area contributed by atoms with Crippen molar-refractivity contribution in [3.63, 3.8) is 0 Å². The lowest BCUT2D eigenvalue weighted by molar-refractivity contribution is 0.588. The Labute approximate surface area is 103 Å². The summed E-state index contributed by atoms with van der Waals surface area (Å²) in [6.45, 7) is 8.80. The molecule has 0 N–H and O–H groups in total. The minimum atomic E-state index is 0.193. The van der Waals surface area contributed by atoms with Crippen LogP contribution >= 0.6 is 11.8 Å². The highest BCUT2D eigenvalue weighted by atomic mass is 32.2. The van der Waals surface area contributed by atoms with E-state index in [1.807, 2.05) is 0 Å². The molecule has 0 bridgehead atoms. The molecule has 0 heterocycles. The molecule has 0 aromatic heterocycles. The molecule has 0 aliphatic rings. The normalized spacial score (nSPS) is 11.2. The lowest BCUT2D eigenvalue weighted by atomic mass is 9.87. The van der Waals surface area contributed by atoms with E-state index in [1.165, 1.54) is 16.0 Å². The van der Waals surface area contributed by atoms with Gasteiger partial charge in [0.2, 0.25) is 0 Å². The SMILES string of the molecule is Cc1ccc(C(C)(C)C)cc1SCCC#N. The van der Waals surface area contributed by atoms with Crippen LogP contribution in [0.15, 0.2) is 23.1 Å². The van der Waals surface area contributed by atoms with E-state index in [2.05, 4.69) is 52.0 Å². The third kappa shape index (κ3) is 3.57. The second kappa shape index (κ2) is 5.41. The van der Waals surface area contributed by atoms with Gasteiger partial charge < -0.3 is 0 Å². The Morgan fingerprint density at radius 2 is 2.00 bits per heavy atom. The number of benzene rings is 1. The summed E-state index contributed by atoms with van der Waals surface area (Å²) < 4.78 is 0. The highest BCUT2D eigenvalue weighted by Gasteiger charge is 2.14. The van der Waals surface area contributed by atoms with E-state index in [9.17, 15) is 0 Å². The first kappa shape index (κ1) is 13.1. The Morgan fingerprint density at radius 1 is 1.31 bits per heavy atom. The smallest absolute Gasteiger partial charge is 0.0630 e. The molecule has 0 atom stereocenters. The van der Waals surface area contributed by atoms with E-state index in [0.29, 0.717) is 6.42 Å². The Balaban J connectivity index is 2.88. The quantitative estimate of drug-likeness (QED) is 0.574. The largest absolute Gasteiger partial charge is 0.198 e. The molecule has 0 aliphatic carbocycles. The fraction of sp³-hybridized carbons (Fsp3) is 0.500. The summed E-state index contributed by atoms with van der Waals surface area (Å²) in [4.78, 5) is 1.31. The summed E-state index contributed by atoms with van der Waals surface area (Å²) in [5.74, 6) is 0.880. The van der Waals surface area contributed by atoms with Crippen molar-refractivity contribution < 1.29 is 0 Å². The van der Waals surface area contributed by atoms with Gasteiger partial charge in [-0.25, -0.2) is 0 Å². The van der Waals surface area contributed by atoms with Gasteiger partial charge in [-0.1, -0.05) is 32.9 Å². The first-order valence-electron chi connectivity index (χ1n) is 5.56. The Morgan fingerprint density at radius 3 is 2.56 bits per heavy atom. The summed E-state index contributed by atoms with van der Waals surface area (Å²) in [6, 6.07) is 8.82. The van der Waals surface area contributed by atoms with Crippen LogP contribution in [0.3, 0.4) is 0 Å². The van der Waals surface area contributed by atoms with Gasteiger partial charge in [-0.3, -0.25) is 0 Å². The zero-order valence-electron chi connectivity index (χ0n) is 10.5. The zero-order chi connectivity index (χ0) is 12.2. The highest BCUT2D eigenvalue weighted by Crippen LogP contribution is 2.29. The first-order chi connectivity index (χ1) is 7.45. The molecule has 2 heteroatoms. The fourth-order valence-electron chi connectivity index (χ4n) is 1.43. The lowest BCUT2D eigenvalue weighted by Gasteiger charge is -2.20. The van der Waals surface area contributed by atoms with Crippen molar-refractivity contribution in [3.8, 4) is 6.07 Å². The number of nitriles is 1. The van der Waals surface area contributed by atoms with E-state index in [4.69, 9.17) is 5.26 Å². The molecule has 16 heavy (non-hydrogen) atoms. The maximum atomic E-state index is 8.53. The van der Waals surface area contributed by atoms with E-state index in [0.717, 1.165) is 5.75 Å². The van der Waals surface area contributed by atoms with Crippen molar-refractivity contribution in [2.24, 2.45) is 0 Å². The van der Waals surface area contributed by atoms with E-state index in [1.54, 1.807) is 11.8 Å². The predicted octanol–water partition coefficient (Wildman–Crippen LogP) is 4.30. The maximum Gasteiger partial charge on any atom is 0.0630 e. The van der Waals surface area contributed by atoms with Crippen LogP contribution in [-0.2, 0) is 5.41 Å². The average molecular weight is 233 g/mol. The summed E-state index contributed by atoms with van der Waals surface area (Å²) in [6.07, 6.45) is 0.615. The molecular formula is C14H19NS. The molecule has 0 saturated heterocycles. The van der Waals surface area contributed by atoms with Gasteiger partial charge in [0.15, 0.2) is 0 Å². The van der Waals surface area contributed by atoms with Gasteiger partial charge in [-0.15, -0.1) is 11.8 Å². The third-order valence-corrected chi connectivity index (χ3v) is 3.68. The maximum absolute atomic E-state index is 8.53. The van der Waals surface area contributed by atoms with Crippen LogP contribution in [0.1, 0.15) is 38.3 Å². The molecule has 0 fully saturated rings. The molecule has 1 aromatic rings. The summed E-state index contributed by atoms with van der Waals surface area (Å²) in [5, 5.41) is 8.53. The Bertz CT molecular complexity index is 396. The van der Waals surface area contributed by atoms with Gasteiger partial charge in [0, 0.05) is 17.1 Å². The molecule has 0 amide bonds. The summed E-state index contributed by atoms with van der Waals surface area (Å²) >= 11 is 1.78. The third-order valence-electron chi connectivity index (χ3n) is 2.53. The van der Waals surface area contributed by atoms with Gasteiger partial charge in [0.25, 0.3) is 0 Å². The summed E-state index contributed by atoms with van der Waals surface area (Å²) in [7, 11) is 0. The molecule has 1 aromatic carbocycles. The van der Waals surface area contributed by atoms with Crippen molar-refractivity contribution in [1.82, 2.24) is 0 Å².